The van der Waals surface area contributed by atoms with E-state index in [-0.39, 0.29) is 54.1 Å². The van der Waals surface area contributed by atoms with Gasteiger partial charge < -0.3 is 20.1 Å². The van der Waals surface area contributed by atoms with Crippen LogP contribution in [-0.4, -0.2) is 36.3 Å². The fourth-order valence-electron chi connectivity index (χ4n) is 2.27. The first-order valence-corrected chi connectivity index (χ1v) is 9.47. The summed E-state index contributed by atoms with van der Waals surface area (Å²) in [5, 5.41) is 4.99. The maximum absolute atomic E-state index is 13.3. The molecule has 2 N–H and O–H groups in total. The lowest BCUT2D eigenvalue weighted by molar-refractivity contribution is -0.274. The monoisotopic (exact) mass is 475 g/mol. The van der Waals surface area contributed by atoms with Gasteiger partial charge in [0.25, 0.3) is 5.91 Å². The molecule has 1 aromatic carbocycles. The molecule has 0 aliphatic rings. The van der Waals surface area contributed by atoms with Gasteiger partial charge in [-0.1, -0.05) is 18.2 Å². The van der Waals surface area contributed by atoms with Gasteiger partial charge in [0, 0.05) is 24.7 Å². The number of amides is 2. The van der Waals surface area contributed by atoms with Crippen molar-refractivity contribution in [3.05, 3.63) is 65.3 Å². The van der Waals surface area contributed by atoms with Gasteiger partial charge in [-0.25, -0.2) is 9.37 Å². The molecule has 32 heavy (non-hydrogen) atoms. The van der Waals surface area contributed by atoms with Gasteiger partial charge in [-0.3, -0.25) is 9.59 Å². The van der Waals surface area contributed by atoms with Crippen molar-refractivity contribution < 1.29 is 36.6 Å². The number of ether oxygens (including phenoxy) is 2. The minimum Gasteiger partial charge on any atom is -0.493 e. The summed E-state index contributed by atoms with van der Waals surface area (Å²) in [6, 6.07) is 5.95. The van der Waals surface area contributed by atoms with E-state index < -0.39 is 23.8 Å². The molecule has 1 aromatic heterocycles. The predicted octanol–water partition coefficient (Wildman–Crippen LogP) is 3.99. The first-order valence-electron chi connectivity index (χ1n) is 9.09. The number of hydrogen-bond acceptors (Lipinski definition) is 5. The van der Waals surface area contributed by atoms with Crippen LogP contribution in [0.5, 0.6) is 11.5 Å². The molecule has 172 valence electrons. The maximum Gasteiger partial charge on any atom is 0.573 e. The second-order valence-corrected chi connectivity index (χ2v) is 6.67. The summed E-state index contributed by atoms with van der Waals surface area (Å²) >= 11 is 5.57. The molecule has 1 heterocycles. The van der Waals surface area contributed by atoms with Crippen LogP contribution in [0.2, 0.25) is 5.02 Å². The Balaban J connectivity index is 1.66. The van der Waals surface area contributed by atoms with Gasteiger partial charge in [0.15, 0.2) is 0 Å². The number of pyridine rings is 1. The highest BCUT2D eigenvalue weighted by atomic mass is 35.5. The molecule has 0 atom stereocenters. The molecule has 0 fully saturated rings. The van der Waals surface area contributed by atoms with E-state index in [1.165, 1.54) is 12.1 Å². The van der Waals surface area contributed by atoms with Gasteiger partial charge in [-0.2, -0.15) is 0 Å². The molecule has 0 radical (unpaired) electrons. The summed E-state index contributed by atoms with van der Waals surface area (Å²) < 4.78 is 58.6. The zero-order chi connectivity index (χ0) is 23.7. The Bertz CT molecular complexity index is 968. The number of aromatic nitrogens is 1. The third kappa shape index (κ3) is 8.80. The summed E-state index contributed by atoms with van der Waals surface area (Å²) in [7, 11) is 0. The highest BCUT2D eigenvalue weighted by molar-refractivity contribution is 6.30. The van der Waals surface area contributed by atoms with E-state index >= 15 is 0 Å². The average molecular weight is 476 g/mol. The second-order valence-electron chi connectivity index (χ2n) is 6.26. The fourth-order valence-corrected chi connectivity index (χ4v) is 2.38. The first-order chi connectivity index (χ1) is 15.0. The number of carbonyl (C=O) groups excluding carboxylic acids is 2. The largest absolute Gasteiger partial charge is 0.573 e. The van der Waals surface area contributed by atoms with Crippen molar-refractivity contribution in [2.45, 2.75) is 19.2 Å². The van der Waals surface area contributed by atoms with Gasteiger partial charge >= 0.3 is 6.36 Å². The molecule has 0 aliphatic heterocycles. The van der Waals surface area contributed by atoms with Crippen LogP contribution in [0.15, 0.2) is 48.8 Å². The van der Waals surface area contributed by atoms with Gasteiger partial charge in [-0.15, -0.1) is 13.2 Å². The molecule has 0 unspecified atom stereocenters. The second kappa shape index (κ2) is 11.3. The van der Waals surface area contributed by atoms with Crippen molar-refractivity contribution in [3.8, 4) is 11.5 Å². The zero-order valence-electron chi connectivity index (χ0n) is 16.5. The van der Waals surface area contributed by atoms with Gasteiger partial charge in [0.05, 0.1) is 24.2 Å². The van der Waals surface area contributed by atoms with Gasteiger partial charge in [0.1, 0.15) is 23.0 Å². The van der Waals surface area contributed by atoms with Crippen LogP contribution in [0.25, 0.3) is 0 Å². The third-order valence-corrected chi connectivity index (χ3v) is 4.04. The third-order valence-electron chi connectivity index (χ3n) is 3.73. The van der Waals surface area contributed by atoms with Crippen molar-refractivity contribution in [1.82, 2.24) is 15.6 Å². The van der Waals surface area contributed by atoms with Crippen molar-refractivity contribution in [2.24, 2.45) is 0 Å². The van der Waals surface area contributed by atoms with Crippen molar-refractivity contribution in [2.75, 3.05) is 13.2 Å². The molecule has 2 amide bonds. The summed E-state index contributed by atoms with van der Waals surface area (Å²) in [5.74, 6) is -1.96. The van der Waals surface area contributed by atoms with E-state index in [2.05, 4.69) is 26.9 Å². The molecule has 0 saturated heterocycles. The Morgan fingerprint density at radius 1 is 1.12 bits per heavy atom. The van der Waals surface area contributed by atoms with E-state index in [1.807, 2.05) is 0 Å². The Hall–Kier alpha value is -3.34. The highest BCUT2D eigenvalue weighted by Crippen LogP contribution is 2.22. The molecule has 0 bridgehead atoms. The van der Waals surface area contributed by atoms with Crippen LogP contribution < -0.4 is 20.1 Å². The number of carbonyl (C=O) groups is 2. The lowest BCUT2D eigenvalue weighted by Gasteiger charge is -2.11. The maximum atomic E-state index is 13.3. The fraction of sp³-hybridized carbons (Fsp3) is 0.250. The number of halogens is 5. The molecular formula is C20H18ClF4N3O4. The lowest BCUT2D eigenvalue weighted by atomic mass is 10.3. The standard InChI is InChI=1S/C20H18ClF4N3O4/c1-12(28-19(30)17-5-3-14(11-27-17)32-20(23,24)25)6-8-26-18(29)7-9-31-13-2-4-15(21)16(22)10-13/h2-5,10-11H,1,6-9H2,(H,26,29)(H,28,30). The molecule has 7 nitrogen and oxygen atoms in total. The predicted molar refractivity (Wildman–Crippen MR) is 107 cm³/mol. The van der Waals surface area contributed by atoms with Crippen LogP contribution >= 0.6 is 11.6 Å². The highest BCUT2D eigenvalue weighted by Gasteiger charge is 2.31. The van der Waals surface area contributed by atoms with E-state index in [9.17, 15) is 27.2 Å². The van der Waals surface area contributed by atoms with Crippen LogP contribution in [0.3, 0.4) is 0 Å². The number of alkyl halides is 3. The Kier molecular flexibility index (Phi) is 8.82. The lowest BCUT2D eigenvalue weighted by Crippen LogP contribution is -2.29. The van der Waals surface area contributed by atoms with Gasteiger partial charge in [-0.05, 0) is 24.3 Å². The van der Waals surface area contributed by atoms with E-state index in [0.717, 1.165) is 24.4 Å². The molecule has 2 aromatic rings. The van der Waals surface area contributed by atoms with Crippen LogP contribution in [0.1, 0.15) is 23.3 Å². The Morgan fingerprint density at radius 3 is 2.47 bits per heavy atom. The molecule has 0 aliphatic carbocycles. The zero-order valence-corrected chi connectivity index (χ0v) is 17.2. The number of hydrogen-bond donors (Lipinski definition) is 2. The Morgan fingerprint density at radius 2 is 1.84 bits per heavy atom. The topological polar surface area (TPSA) is 89.6 Å². The minimum absolute atomic E-state index is 0.0132. The van der Waals surface area contributed by atoms with E-state index in [4.69, 9.17) is 16.3 Å². The van der Waals surface area contributed by atoms with Crippen LogP contribution in [0.4, 0.5) is 17.6 Å². The average Bonchev–Trinajstić information content (AvgIpc) is 2.70. The van der Waals surface area contributed by atoms with Crippen molar-refractivity contribution in [1.29, 1.82) is 0 Å². The molecule has 0 spiro atoms. The molecule has 2 rings (SSSR count). The van der Waals surface area contributed by atoms with Crippen molar-refractivity contribution in [3.63, 3.8) is 0 Å². The molecular weight excluding hydrogens is 458 g/mol. The molecule has 12 heteroatoms. The first kappa shape index (κ1) is 24.9. The van der Waals surface area contributed by atoms with E-state index in [1.54, 1.807) is 0 Å². The number of benzene rings is 1. The number of nitrogens with one attached hydrogen (secondary N) is 2. The quantitative estimate of drug-likeness (QED) is 0.507. The minimum atomic E-state index is -4.86. The summed E-state index contributed by atoms with van der Waals surface area (Å²) in [6.45, 7) is 3.83. The van der Waals surface area contributed by atoms with Crippen LogP contribution in [-0.2, 0) is 4.79 Å². The normalized spacial score (nSPS) is 10.9. The van der Waals surface area contributed by atoms with Crippen molar-refractivity contribution >= 4 is 23.4 Å². The number of rotatable bonds is 10. The van der Waals surface area contributed by atoms with E-state index in [0.29, 0.717) is 0 Å². The molecule has 0 saturated carbocycles. The summed E-state index contributed by atoms with van der Waals surface area (Å²) in [4.78, 5) is 27.4. The smallest absolute Gasteiger partial charge is 0.493 e. The Labute approximate surface area is 185 Å². The SMILES string of the molecule is C=C(CCNC(=O)CCOc1ccc(Cl)c(F)c1)NC(=O)c1ccc(OC(F)(F)F)cn1. The van der Waals surface area contributed by atoms with Crippen LogP contribution in [0, 0.1) is 5.82 Å². The number of nitrogens with zero attached hydrogens (tertiary/aromatic N) is 1. The van der Waals surface area contributed by atoms with Gasteiger partial charge in [0.2, 0.25) is 5.91 Å². The summed E-state index contributed by atoms with van der Waals surface area (Å²) in [5.41, 5.74) is 0.126. The summed E-state index contributed by atoms with van der Waals surface area (Å²) in [6.07, 6.45) is -3.87.